The molecule has 3 heterocycles. The maximum atomic E-state index is 5.53. The van der Waals surface area contributed by atoms with Gasteiger partial charge in [0.25, 0.3) is 0 Å². The molecule has 3 aromatic rings. The minimum absolute atomic E-state index is 0.323. The van der Waals surface area contributed by atoms with Gasteiger partial charge in [0.2, 0.25) is 0 Å². The van der Waals surface area contributed by atoms with E-state index in [2.05, 4.69) is 40.0 Å². The number of ether oxygens (including phenoxy) is 1. The summed E-state index contributed by atoms with van der Waals surface area (Å²) in [5.74, 6) is 2.19. The Kier molecular flexibility index (Phi) is 3.26. The van der Waals surface area contributed by atoms with Crippen molar-refractivity contribution in [1.82, 2.24) is 19.7 Å². The number of aromatic nitrogens is 4. The van der Waals surface area contributed by atoms with E-state index >= 15 is 0 Å². The zero-order valence-corrected chi connectivity index (χ0v) is 13.5. The molecule has 0 saturated carbocycles. The van der Waals surface area contributed by atoms with Crippen LogP contribution in [0.3, 0.4) is 0 Å². The first-order valence-electron chi connectivity index (χ1n) is 8.63. The highest BCUT2D eigenvalue weighted by Gasteiger charge is 2.29. The van der Waals surface area contributed by atoms with E-state index in [4.69, 9.17) is 14.8 Å². The van der Waals surface area contributed by atoms with Gasteiger partial charge >= 0.3 is 0 Å². The van der Waals surface area contributed by atoms with Crippen molar-refractivity contribution in [2.75, 3.05) is 13.2 Å². The molecule has 5 heteroatoms. The van der Waals surface area contributed by atoms with Gasteiger partial charge in [-0.05, 0) is 42.5 Å². The van der Waals surface area contributed by atoms with E-state index in [1.807, 2.05) is 12.3 Å². The molecule has 2 aromatic heterocycles. The molecule has 1 aromatic carbocycles. The number of benzene rings is 1. The monoisotopic (exact) mass is 320 g/mol. The summed E-state index contributed by atoms with van der Waals surface area (Å²) in [5.41, 5.74) is 3.89. The Morgan fingerprint density at radius 1 is 1.08 bits per heavy atom. The van der Waals surface area contributed by atoms with Crippen LogP contribution in [0.5, 0.6) is 0 Å². The van der Waals surface area contributed by atoms with Gasteiger partial charge < -0.3 is 9.72 Å². The van der Waals surface area contributed by atoms with Gasteiger partial charge in [-0.15, -0.1) is 0 Å². The number of nitrogens with zero attached hydrogens (tertiary/aromatic N) is 3. The molecule has 1 N–H and O–H groups in total. The van der Waals surface area contributed by atoms with Gasteiger partial charge in [0.15, 0.2) is 11.6 Å². The molecule has 0 bridgehead atoms. The van der Waals surface area contributed by atoms with E-state index in [1.165, 1.54) is 11.1 Å². The third kappa shape index (κ3) is 2.27. The molecule has 1 saturated heterocycles. The lowest BCUT2D eigenvalue weighted by Gasteiger charge is -2.12. The van der Waals surface area contributed by atoms with E-state index in [9.17, 15) is 0 Å². The quantitative estimate of drug-likeness (QED) is 0.807. The molecular weight excluding hydrogens is 300 g/mol. The van der Waals surface area contributed by atoms with Crippen molar-refractivity contribution < 1.29 is 4.74 Å². The highest BCUT2D eigenvalue weighted by Crippen LogP contribution is 2.33. The summed E-state index contributed by atoms with van der Waals surface area (Å²) in [7, 11) is 0. The van der Waals surface area contributed by atoms with Crippen LogP contribution in [0.15, 0.2) is 42.6 Å². The number of hydrogen-bond donors (Lipinski definition) is 1. The van der Waals surface area contributed by atoms with Gasteiger partial charge in [-0.25, -0.2) is 9.67 Å². The smallest absolute Gasteiger partial charge is 0.175 e. The first-order chi connectivity index (χ1) is 11.9. The van der Waals surface area contributed by atoms with Crippen LogP contribution in [0.1, 0.15) is 35.3 Å². The lowest BCUT2D eigenvalue weighted by atomic mass is 10.1. The molecule has 5 rings (SSSR count). The SMILES string of the molecule is c1c[nH]c(-c2nc(C3CCOC3)nn2C2Cc3ccccc3C2)c1. The van der Waals surface area contributed by atoms with E-state index in [-0.39, 0.29) is 0 Å². The van der Waals surface area contributed by atoms with Crippen LogP contribution >= 0.6 is 0 Å². The lowest BCUT2D eigenvalue weighted by Crippen LogP contribution is -2.13. The van der Waals surface area contributed by atoms with Crippen molar-refractivity contribution >= 4 is 0 Å². The average molecular weight is 320 g/mol. The molecule has 1 aliphatic carbocycles. The topological polar surface area (TPSA) is 55.7 Å². The van der Waals surface area contributed by atoms with Crippen molar-refractivity contribution in [3.05, 3.63) is 59.5 Å². The molecule has 2 aliphatic rings. The lowest BCUT2D eigenvalue weighted by molar-refractivity contribution is 0.193. The fraction of sp³-hybridized carbons (Fsp3) is 0.368. The Morgan fingerprint density at radius 2 is 1.92 bits per heavy atom. The van der Waals surface area contributed by atoms with Crippen LogP contribution < -0.4 is 0 Å². The Morgan fingerprint density at radius 3 is 2.58 bits per heavy atom. The van der Waals surface area contributed by atoms with Crippen LogP contribution in [0, 0.1) is 0 Å². The predicted octanol–water partition coefficient (Wildman–Crippen LogP) is 3.12. The minimum Gasteiger partial charge on any atom is -0.381 e. The van der Waals surface area contributed by atoms with Gasteiger partial charge in [0.05, 0.1) is 18.3 Å². The third-order valence-corrected chi connectivity index (χ3v) is 5.16. The maximum absolute atomic E-state index is 5.53. The molecule has 24 heavy (non-hydrogen) atoms. The van der Waals surface area contributed by atoms with Crippen molar-refractivity contribution in [3.63, 3.8) is 0 Å². The summed E-state index contributed by atoms with van der Waals surface area (Å²) in [5, 5.41) is 4.92. The summed E-state index contributed by atoms with van der Waals surface area (Å²) < 4.78 is 7.67. The van der Waals surface area contributed by atoms with Gasteiger partial charge in [-0.1, -0.05) is 24.3 Å². The zero-order valence-electron chi connectivity index (χ0n) is 13.5. The number of H-pyrrole nitrogens is 1. The van der Waals surface area contributed by atoms with Gasteiger partial charge in [0, 0.05) is 18.7 Å². The fourth-order valence-corrected chi connectivity index (χ4v) is 3.87. The van der Waals surface area contributed by atoms with Crippen LogP contribution in [0.2, 0.25) is 0 Å². The summed E-state index contributed by atoms with van der Waals surface area (Å²) in [4.78, 5) is 8.17. The number of fused-ring (bicyclic) bond motifs is 1. The van der Waals surface area contributed by atoms with Crippen molar-refractivity contribution in [2.45, 2.75) is 31.2 Å². The Labute approximate surface area is 140 Å². The third-order valence-electron chi connectivity index (χ3n) is 5.16. The largest absolute Gasteiger partial charge is 0.381 e. The molecule has 5 nitrogen and oxygen atoms in total. The standard InChI is InChI=1S/C19H20N4O/c1-2-5-14-11-16(10-13(14)4-1)23-19(17-6-3-8-20-17)21-18(22-23)15-7-9-24-12-15/h1-6,8,15-16,20H,7,9-12H2. The first kappa shape index (κ1) is 14.0. The number of nitrogens with one attached hydrogen (secondary N) is 1. The summed E-state index contributed by atoms with van der Waals surface area (Å²) in [6, 6.07) is 13.1. The molecule has 1 aliphatic heterocycles. The van der Waals surface area contributed by atoms with E-state index < -0.39 is 0 Å². The second-order valence-electron chi connectivity index (χ2n) is 6.71. The summed E-state index contributed by atoms with van der Waals surface area (Å²) >= 11 is 0. The van der Waals surface area contributed by atoms with Crippen molar-refractivity contribution in [3.8, 4) is 11.5 Å². The molecule has 0 spiro atoms. The van der Waals surface area contributed by atoms with Gasteiger partial charge in [-0.2, -0.15) is 5.10 Å². The van der Waals surface area contributed by atoms with E-state index in [0.717, 1.165) is 49.8 Å². The van der Waals surface area contributed by atoms with Crippen LogP contribution in [0.4, 0.5) is 0 Å². The maximum Gasteiger partial charge on any atom is 0.175 e. The molecule has 0 radical (unpaired) electrons. The number of aromatic amines is 1. The first-order valence-corrected chi connectivity index (χ1v) is 8.63. The Hall–Kier alpha value is -2.40. The summed E-state index contributed by atoms with van der Waals surface area (Å²) in [6.07, 6.45) is 5.00. The van der Waals surface area contributed by atoms with Gasteiger partial charge in [-0.3, -0.25) is 0 Å². The molecule has 1 unspecified atom stereocenters. The Balaban J connectivity index is 1.55. The van der Waals surface area contributed by atoms with Crippen molar-refractivity contribution in [2.24, 2.45) is 0 Å². The molecule has 1 atom stereocenters. The minimum atomic E-state index is 0.323. The van der Waals surface area contributed by atoms with E-state index in [1.54, 1.807) is 0 Å². The average Bonchev–Trinajstić information content (AvgIpc) is 3.40. The summed E-state index contributed by atoms with van der Waals surface area (Å²) in [6.45, 7) is 1.55. The fourth-order valence-electron chi connectivity index (χ4n) is 3.87. The molecule has 0 amide bonds. The normalized spacial score (nSPS) is 20.6. The molecule has 122 valence electrons. The highest BCUT2D eigenvalue weighted by atomic mass is 16.5. The second kappa shape index (κ2) is 5.60. The van der Waals surface area contributed by atoms with Gasteiger partial charge in [0.1, 0.15) is 0 Å². The second-order valence-corrected chi connectivity index (χ2v) is 6.71. The van der Waals surface area contributed by atoms with Crippen molar-refractivity contribution in [1.29, 1.82) is 0 Å². The van der Waals surface area contributed by atoms with Crippen LogP contribution in [-0.2, 0) is 17.6 Å². The van der Waals surface area contributed by atoms with Crippen LogP contribution in [-0.4, -0.2) is 33.0 Å². The zero-order chi connectivity index (χ0) is 15.9. The van der Waals surface area contributed by atoms with Crippen LogP contribution in [0.25, 0.3) is 11.5 Å². The predicted molar refractivity (Wildman–Crippen MR) is 90.9 cm³/mol. The highest BCUT2D eigenvalue weighted by molar-refractivity contribution is 5.50. The number of hydrogen-bond acceptors (Lipinski definition) is 3. The van der Waals surface area contributed by atoms with E-state index in [0.29, 0.717) is 12.0 Å². The Bertz CT molecular complexity index is 821. The molecule has 1 fully saturated rings. The molecular formula is C19H20N4O. The number of rotatable bonds is 3.